The summed E-state index contributed by atoms with van der Waals surface area (Å²) in [6, 6.07) is 10.9. The van der Waals surface area contributed by atoms with E-state index in [-0.39, 0.29) is 12.5 Å². The molecule has 0 N–H and O–H groups in total. The Morgan fingerprint density at radius 2 is 1.96 bits per heavy atom. The Kier molecular flexibility index (Phi) is 5.94. The molecular weight excluding hydrogens is 376 g/mol. The van der Waals surface area contributed by atoms with Crippen LogP contribution in [0.25, 0.3) is 10.2 Å². The van der Waals surface area contributed by atoms with Gasteiger partial charge < -0.3 is 14.0 Å². The summed E-state index contributed by atoms with van der Waals surface area (Å²) >= 11 is 1.38. The van der Waals surface area contributed by atoms with Gasteiger partial charge in [-0.25, -0.2) is 0 Å². The molecule has 0 radical (unpaired) electrons. The molecule has 3 aromatic rings. The van der Waals surface area contributed by atoms with Gasteiger partial charge in [-0.3, -0.25) is 9.59 Å². The number of nitrogens with zero attached hydrogens (tertiary/aromatic N) is 2. The molecule has 0 aliphatic heterocycles. The maximum Gasteiger partial charge on any atom is 0.326 e. The molecule has 0 fully saturated rings. The molecule has 0 bridgehead atoms. The van der Waals surface area contributed by atoms with Gasteiger partial charge >= 0.3 is 5.97 Å². The standard InChI is InChI=1S/C21H22N2O4S/c1-5-27-18(24)12-23-19-14(3)9-13(2)10-17(19)28-21(23)22-20(25)15-7-6-8-16(11-15)26-4/h6-11H,5,12H2,1-4H3. The predicted octanol–water partition coefficient (Wildman–Crippen LogP) is 3.63. The summed E-state index contributed by atoms with van der Waals surface area (Å²) in [6.07, 6.45) is 0. The van der Waals surface area contributed by atoms with Crippen LogP contribution in [-0.2, 0) is 16.1 Å². The fourth-order valence-corrected chi connectivity index (χ4v) is 4.27. The normalized spacial score (nSPS) is 11.6. The summed E-state index contributed by atoms with van der Waals surface area (Å²) in [6.45, 7) is 6.06. The second-order valence-electron chi connectivity index (χ2n) is 6.35. The highest BCUT2D eigenvalue weighted by Gasteiger charge is 2.15. The second kappa shape index (κ2) is 8.39. The minimum absolute atomic E-state index is 0.00195. The Morgan fingerprint density at radius 3 is 2.68 bits per heavy atom. The number of thiazole rings is 1. The first-order valence-electron chi connectivity index (χ1n) is 8.92. The SMILES string of the molecule is CCOC(=O)Cn1c(=NC(=O)c2cccc(OC)c2)sc2cc(C)cc(C)c21. The molecule has 1 heterocycles. The molecule has 0 saturated carbocycles. The largest absolute Gasteiger partial charge is 0.497 e. The van der Waals surface area contributed by atoms with Crippen molar-refractivity contribution in [3.63, 3.8) is 0 Å². The van der Waals surface area contributed by atoms with E-state index in [9.17, 15) is 9.59 Å². The molecule has 0 aliphatic rings. The molecule has 0 atom stereocenters. The Labute approximate surface area is 167 Å². The molecule has 6 nitrogen and oxygen atoms in total. The van der Waals surface area contributed by atoms with Gasteiger partial charge in [-0.2, -0.15) is 4.99 Å². The highest BCUT2D eigenvalue weighted by atomic mass is 32.1. The summed E-state index contributed by atoms with van der Waals surface area (Å²) in [4.78, 5) is 29.6. The van der Waals surface area contributed by atoms with Crippen molar-refractivity contribution >= 4 is 33.4 Å². The number of esters is 1. The first kappa shape index (κ1) is 19.8. The molecule has 3 rings (SSSR count). The first-order valence-corrected chi connectivity index (χ1v) is 9.74. The maximum atomic E-state index is 12.7. The van der Waals surface area contributed by atoms with Crippen LogP contribution >= 0.6 is 11.3 Å². The van der Waals surface area contributed by atoms with Gasteiger partial charge in [0.25, 0.3) is 5.91 Å². The highest BCUT2D eigenvalue weighted by molar-refractivity contribution is 7.16. The van der Waals surface area contributed by atoms with Gasteiger partial charge in [-0.1, -0.05) is 23.5 Å². The van der Waals surface area contributed by atoms with Crippen LogP contribution in [0.4, 0.5) is 0 Å². The Bertz CT molecular complexity index is 1110. The zero-order chi connectivity index (χ0) is 20.3. The molecular formula is C21H22N2O4S. The summed E-state index contributed by atoms with van der Waals surface area (Å²) < 4.78 is 13.0. The van der Waals surface area contributed by atoms with Crippen LogP contribution in [0.5, 0.6) is 5.75 Å². The monoisotopic (exact) mass is 398 g/mol. The highest BCUT2D eigenvalue weighted by Crippen LogP contribution is 2.23. The molecule has 7 heteroatoms. The lowest BCUT2D eigenvalue weighted by molar-refractivity contribution is -0.143. The minimum Gasteiger partial charge on any atom is -0.497 e. The van der Waals surface area contributed by atoms with Crippen LogP contribution in [0.1, 0.15) is 28.4 Å². The third kappa shape index (κ3) is 4.14. The number of carbonyl (C=O) groups excluding carboxylic acids is 2. The lowest BCUT2D eigenvalue weighted by Gasteiger charge is -2.07. The zero-order valence-electron chi connectivity index (χ0n) is 16.3. The van der Waals surface area contributed by atoms with Gasteiger partial charge in [0.2, 0.25) is 0 Å². The topological polar surface area (TPSA) is 69.9 Å². The van der Waals surface area contributed by atoms with Crippen LogP contribution in [0.2, 0.25) is 0 Å². The van der Waals surface area contributed by atoms with Crippen molar-refractivity contribution in [1.29, 1.82) is 0 Å². The van der Waals surface area contributed by atoms with Crippen LogP contribution < -0.4 is 9.54 Å². The predicted molar refractivity (Wildman–Crippen MR) is 109 cm³/mol. The van der Waals surface area contributed by atoms with Gasteiger partial charge in [0, 0.05) is 5.56 Å². The number of aryl methyl sites for hydroxylation is 2. The molecule has 2 aromatic carbocycles. The number of rotatable bonds is 5. The van der Waals surface area contributed by atoms with Crippen molar-refractivity contribution in [3.8, 4) is 5.75 Å². The molecule has 0 saturated heterocycles. The van der Waals surface area contributed by atoms with Crippen LogP contribution in [-0.4, -0.2) is 30.2 Å². The molecule has 28 heavy (non-hydrogen) atoms. The van der Waals surface area contributed by atoms with Crippen molar-refractivity contribution in [2.45, 2.75) is 27.3 Å². The summed E-state index contributed by atoms with van der Waals surface area (Å²) in [7, 11) is 1.55. The first-order chi connectivity index (χ1) is 13.4. The molecule has 1 amide bonds. The summed E-state index contributed by atoms with van der Waals surface area (Å²) in [5.41, 5.74) is 3.44. The third-order valence-electron chi connectivity index (χ3n) is 4.22. The Balaban J connectivity index is 2.15. The number of methoxy groups -OCH3 is 1. The summed E-state index contributed by atoms with van der Waals surface area (Å²) in [5.74, 6) is -0.168. The van der Waals surface area contributed by atoms with Crippen molar-refractivity contribution in [1.82, 2.24) is 4.57 Å². The van der Waals surface area contributed by atoms with E-state index >= 15 is 0 Å². The molecule has 146 valence electrons. The van der Waals surface area contributed by atoms with Gasteiger partial charge in [0.05, 0.1) is 23.9 Å². The van der Waals surface area contributed by atoms with Crippen molar-refractivity contribution in [3.05, 3.63) is 57.9 Å². The van der Waals surface area contributed by atoms with Crippen LogP contribution in [0.3, 0.4) is 0 Å². The van der Waals surface area contributed by atoms with E-state index in [0.717, 1.165) is 21.3 Å². The number of benzene rings is 2. The van der Waals surface area contributed by atoms with Crippen LogP contribution in [0.15, 0.2) is 41.4 Å². The smallest absolute Gasteiger partial charge is 0.326 e. The lowest BCUT2D eigenvalue weighted by atomic mass is 10.1. The number of carbonyl (C=O) groups is 2. The zero-order valence-corrected chi connectivity index (χ0v) is 17.1. The average Bonchev–Trinajstić information content (AvgIpc) is 2.98. The number of fused-ring (bicyclic) bond motifs is 1. The van der Waals surface area contributed by atoms with E-state index in [4.69, 9.17) is 9.47 Å². The fraction of sp³-hybridized carbons (Fsp3) is 0.286. The third-order valence-corrected chi connectivity index (χ3v) is 5.24. The second-order valence-corrected chi connectivity index (χ2v) is 7.36. The molecule has 0 aliphatic carbocycles. The van der Waals surface area contributed by atoms with E-state index in [0.29, 0.717) is 22.7 Å². The average molecular weight is 398 g/mol. The fourth-order valence-electron chi connectivity index (χ4n) is 3.07. The van der Waals surface area contributed by atoms with Crippen molar-refractivity contribution < 1.29 is 19.1 Å². The van der Waals surface area contributed by atoms with Crippen LogP contribution in [0, 0.1) is 13.8 Å². The Hall–Kier alpha value is -2.93. The number of hydrogen-bond acceptors (Lipinski definition) is 5. The van der Waals surface area contributed by atoms with Gasteiger partial charge in [0.15, 0.2) is 4.80 Å². The molecule has 1 aromatic heterocycles. The van der Waals surface area contributed by atoms with E-state index in [1.165, 1.54) is 11.3 Å². The number of aromatic nitrogens is 1. The quantitative estimate of drug-likeness (QED) is 0.616. The number of ether oxygens (including phenoxy) is 2. The van der Waals surface area contributed by atoms with E-state index < -0.39 is 5.91 Å². The van der Waals surface area contributed by atoms with E-state index in [1.54, 1.807) is 42.9 Å². The molecule has 0 unspecified atom stereocenters. The summed E-state index contributed by atoms with van der Waals surface area (Å²) in [5, 5.41) is 0. The van der Waals surface area contributed by atoms with E-state index in [2.05, 4.69) is 4.99 Å². The number of hydrogen-bond donors (Lipinski definition) is 0. The van der Waals surface area contributed by atoms with Crippen molar-refractivity contribution in [2.24, 2.45) is 4.99 Å². The maximum absolute atomic E-state index is 12.7. The number of amides is 1. The van der Waals surface area contributed by atoms with Gasteiger partial charge in [-0.05, 0) is 56.2 Å². The minimum atomic E-state index is -0.391. The lowest BCUT2D eigenvalue weighted by Crippen LogP contribution is -2.23. The molecule has 0 spiro atoms. The Morgan fingerprint density at radius 1 is 1.18 bits per heavy atom. The van der Waals surface area contributed by atoms with Gasteiger partial charge in [-0.15, -0.1) is 0 Å². The van der Waals surface area contributed by atoms with Crippen molar-refractivity contribution in [2.75, 3.05) is 13.7 Å². The van der Waals surface area contributed by atoms with E-state index in [1.807, 2.05) is 26.0 Å². The van der Waals surface area contributed by atoms with Gasteiger partial charge in [0.1, 0.15) is 12.3 Å².